The maximum atomic E-state index is 6.71. The van der Waals surface area contributed by atoms with Crippen molar-refractivity contribution in [2.24, 2.45) is 0 Å². The first kappa shape index (κ1) is 36.8. The van der Waals surface area contributed by atoms with Crippen molar-refractivity contribution in [1.82, 2.24) is 0 Å². The molecule has 0 radical (unpaired) electrons. The molecule has 0 unspecified atom stereocenters. The van der Waals surface area contributed by atoms with Crippen molar-refractivity contribution in [3.8, 4) is 66.8 Å². The number of hydrogen-bond acceptors (Lipinski definition) is 2. The summed E-state index contributed by atoms with van der Waals surface area (Å²) in [7, 11) is 0. The van der Waals surface area contributed by atoms with Crippen molar-refractivity contribution >= 4 is 39.0 Å². The lowest BCUT2D eigenvalue weighted by molar-refractivity contribution is 0.670. The smallest absolute Gasteiger partial charge is 0.143 e. The second-order valence-electron chi connectivity index (χ2n) is 15.6. The van der Waals surface area contributed by atoms with Crippen molar-refractivity contribution < 1.29 is 4.42 Å². The van der Waals surface area contributed by atoms with E-state index in [9.17, 15) is 0 Å². The largest absolute Gasteiger partial charge is 0.455 e. The van der Waals surface area contributed by atoms with Gasteiger partial charge in [-0.2, -0.15) is 0 Å². The van der Waals surface area contributed by atoms with Gasteiger partial charge in [0.15, 0.2) is 0 Å². The number of furan rings is 1. The molecule has 292 valence electrons. The van der Waals surface area contributed by atoms with Gasteiger partial charge in [0, 0.05) is 33.2 Å². The van der Waals surface area contributed by atoms with E-state index >= 15 is 0 Å². The van der Waals surface area contributed by atoms with Gasteiger partial charge in [0.1, 0.15) is 11.2 Å². The number of rotatable bonds is 9. The van der Waals surface area contributed by atoms with Crippen molar-refractivity contribution in [3.05, 3.63) is 249 Å². The van der Waals surface area contributed by atoms with Gasteiger partial charge in [0.25, 0.3) is 0 Å². The SMILES string of the molecule is c1ccc(-c2cccc(-c3ccc(N(c4ccccc4-c4cccc5c4oc4ccccc45)c4cccc(-c5ccccc5)c4-c4ccccc4-c4ccccc4)cc3)c2)cc1. The Labute approximate surface area is 362 Å². The van der Waals surface area contributed by atoms with Crippen molar-refractivity contribution in [1.29, 1.82) is 0 Å². The molecule has 1 heterocycles. The first-order chi connectivity index (χ1) is 30.8. The van der Waals surface area contributed by atoms with Crippen molar-refractivity contribution in [2.75, 3.05) is 4.90 Å². The van der Waals surface area contributed by atoms with Gasteiger partial charge in [-0.15, -0.1) is 0 Å². The molecule has 11 aromatic rings. The number of benzene rings is 10. The Balaban J connectivity index is 1.17. The van der Waals surface area contributed by atoms with Gasteiger partial charge < -0.3 is 9.32 Å². The van der Waals surface area contributed by atoms with Gasteiger partial charge in [-0.3, -0.25) is 0 Å². The molecule has 0 bridgehead atoms. The normalized spacial score (nSPS) is 11.2. The lowest BCUT2D eigenvalue weighted by Crippen LogP contribution is -2.13. The third-order valence-electron chi connectivity index (χ3n) is 11.9. The Morgan fingerprint density at radius 2 is 0.742 bits per heavy atom. The molecule has 0 spiro atoms. The van der Waals surface area contributed by atoms with Crippen LogP contribution in [-0.2, 0) is 0 Å². The van der Waals surface area contributed by atoms with Crippen LogP contribution in [0.3, 0.4) is 0 Å². The van der Waals surface area contributed by atoms with Crippen LogP contribution in [0, 0.1) is 0 Å². The molecule has 1 aromatic heterocycles. The number of anilines is 3. The molecule has 0 atom stereocenters. The minimum Gasteiger partial charge on any atom is -0.455 e. The van der Waals surface area contributed by atoms with Crippen LogP contribution in [0.2, 0.25) is 0 Å². The van der Waals surface area contributed by atoms with Crippen LogP contribution in [0.5, 0.6) is 0 Å². The molecule has 0 aliphatic heterocycles. The number of hydrogen-bond donors (Lipinski definition) is 0. The summed E-state index contributed by atoms with van der Waals surface area (Å²) in [6.45, 7) is 0. The minimum absolute atomic E-state index is 0.877. The topological polar surface area (TPSA) is 16.4 Å². The average molecular weight is 792 g/mol. The predicted molar refractivity (Wildman–Crippen MR) is 261 cm³/mol. The van der Waals surface area contributed by atoms with E-state index in [4.69, 9.17) is 4.42 Å². The molecular weight excluding hydrogens is 751 g/mol. The van der Waals surface area contributed by atoms with Gasteiger partial charge in [0.05, 0.1) is 11.4 Å². The molecule has 2 heteroatoms. The molecule has 2 nitrogen and oxygen atoms in total. The predicted octanol–water partition coefficient (Wildman–Crippen LogP) is 17.1. The lowest BCUT2D eigenvalue weighted by Gasteiger charge is -2.31. The van der Waals surface area contributed by atoms with E-state index in [-0.39, 0.29) is 0 Å². The van der Waals surface area contributed by atoms with Gasteiger partial charge in [-0.1, -0.05) is 212 Å². The molecule has 0 amide bonds. The molecule has 0 saturated carbocycles. The fraction of sp³-hybridized carbons (Fsp3) is 0. The van der Waals surface area contributed by atoms with Crippen LogP contribution >= 0.6 is 0 Å². The minimum atomic E-state index is 0.877. The van der Waals surface area contributed by atoms with Crippen LogP contribution in [0.25, 0.3) is 88.7 Å². The quantitative estimate of drug-likeness (QED) is 0.145. The highest BCUT2D eigenvalue weighted by Gasteiger charge is 2.25. The van der Waals surface area contributed by atoms with E-state index in [1.165, 1.54) is 27.8 Å². The molecule has 0 aliphatic rings. The van der Waals surface area contributed by atoms with E-state index < -0.39 is 0 Å². The zero-order chi connectivity index (χ0) is 41.2. The second kappa shape index (κ2) is 16.1. The summed E-state index contributed by atoms with van der Waals surface area (Å²) < 4.78 is 6.71. The summed E-state index contributed by atoms with van der Waals surface area (Å²) in [4.78, 5) is 2.45. The van der Waals surface area contributed by atoms with Crippen LogP contribution in [0.1, 0.15) is 0 Å². The standard InChI is InChI=1S/C60H41NO/c1-4-19-42(20-5-1)46-25-16-26-47(41-46)43-37-39-48(40-38-43)61(56-34-14-12-28-51(56)54-32-17-33-55-52-29-13-15-36-58(52)62-60(54)55)57-35-18-31-50(45-23-8-3-9-24-45)59(57)53-30-11-10-27-49(53)44-21-6-2-7-22-44/h1-41H. The Morgan fingerprint density at radius 1 is 0.274 bits per heavy atom. The van der Waals surface area contributed by atoms with Crippen LogP contribution in [0.4, 0.5) is 17.1 Å². The van der Waals surface area contributed by atoms with E-state index in [1.807, 2.05) is 6.07 Å². The summed E-state index contributed by atoms with van der Waals surface area (Å²) in [5, 5.41) is 2.21. The van der Waals surface area contributed by atoms with E-state index in [0.29, 0.717) is 0 Å². The van der Waals surface area contributed by atoms with E-state index in [1.54, 1.807) is 0 Å². The monoisotopic (exact) mass is 791 g/mol. The van der Waals surface area contributed by atoms with E-state index in [2.05, 4.69) is 248 Å². The van der Waals surface area contributed by atoms with Crippen LogP contribution in [-0.4, -0.2) is 0 Å². The summed E-state index contributed by atoms with van der Waals surface area (Å²) >= 11 is 0. The zero-order valence-corrected chi connectivity index (χ0v) is 34.0. The summed E-state index contributed by atoms with van der Waals surface area (Å²) in [6, 6.07) is 89.1. The highest BCUT2D eigenvalue weighted by atomic mass is 16.3. The summed E-state index contributed by atoms with van der Waals surface area (Å²) in [5.41, 5.74) is 18.7. The van der Waals surface area contributed by atoms with E-state index in [0.717, 1.165) is 77.9 Å². The fourth-order valence-electron chi connectivity index (χ4n) is 9.01. The maximum absolute atomic E-state index is 6.71. The molecule has 0 fully saturated rings. The van der Waals surface area contributed by atoms with Crippen LogP contribution in [0.15, 0.2) is 253 Å². The van der Waals surface area contributed by atoms with Gasteiger partial charge in [0.2, 0.25) is 0 Å². The Bertz CT molecular complexity index is 3330. The molecule has 62 heavy (non-hydrogen) atoms. The molecule has 0 aliphatic carbocycles. The highest BCUT2D eigenvalue weighted by molar-refractivity contribution is 6.11. The molecule has 10 aromatic carbocycles. The van der Waals surface area contributed by atoms with Gasteiger partial charge in [-0.05, 0) is 86.5 Å². The maximum Gasteiger partial charge on any atom is 0.143 e. The lowest BCUT2D eigenvalue weighted by atomic mass is 9.87. The molecule has 0 saturated heterocycles. The molecular formula is C60H41NO. The fourth-order valence-corrected chi connectivity index (χ4v) is 9.01. The zero-order valence-electron chi connectivity index (χ0n) is 34.0. The Hall–Kier alpha value is -8.20. The van der Waals surface area contributed by atoms with Crippen molar-refractivity contribution in [3.63, 3.8) is 0 Å². The first-order valence-corrected chi connectivity index (χ1v) is 21.2. The Morgan fingerprint density at radius 3 is 1.47 bits per heavy atom. The average Bonchev–Trinajstić information content (AvgIpc) is 3.74. The number of nitrogens with zero attached hydrogens (tertiary/aromatic N) is 1. The summed E-state index contributed by atoms with van der Waals surface area (Å²) in [5.74, 6) is 0. The number of fused-ring (bicyclic) bond motifs is 3. The van der Waals surface area contributed by atoms with Gasteiger partial charge >= 0.3 is 0 Å². The van der Waals surface area contributed by atoms with Gasteiger partial charge in [-0.25, -0.2) is 0 Å². The summed E-state index contributed by atoms with van der Waals surface area (Å²) in [6.07, 6.45) is 0. The molecule has 11 rings (SSSR count). The second-order valence-corrected chi connectivity index (χ2v) is 15.6. The highest BCUT2D eigenvalue weighted by Crippen LogP contribution is 2.50. The number of para-hydroxylation sites is 3. The first-order valence-electron chi connectivity index (χ1n) is 21.2. The third kappa shape index (κ3) is 6.74. The van der Waals surface area contributed by atoms with Crippen molar-refractivity contribution in [2.45, 2.75) is 0 Å². The molecule has 0 N–H and O–H groups in total. The Kier molecular flexibility index (Phi) is 9.57. The van der Waals surface area contributed by atoms with Crippen LogP contribution < -0.4 is 4.90 Å². The third-order valence-corrected chi connectivity index (χ3v) is 11.9.